The van der Waals surface area contributed by atoms with Crippen LogP contribution in [0.2, 0.25) is 0 Å². The number of carbonyl (C=O) groups is 1. The van der Waals surface area contributed by atoms with E-state index < -0.39 is 0 Å². The van der Waals surface area contributed by atoms with E-state index in [4.69, 9.17) is 4.42 Å². The molecule has 162 valence electrons. The van der Waals surface area contributed by atoms with Crippen LogP contribution in [0.3, 0.4) is 0 Å². The standard InChI is InChI=1S/C27H27N3O2/c1-19(2)20-11-13-21(14-12-20)26-25-10-5-15-29(25)24-9-4-3-7-22(24)18-30(26)27(31)28-17-23-8-6-16-32-23/h3-16,19,26H,17-18H2,1-2H3,(H,28,31)/t26-/m1/s1. The number of urea groups is 1. The first-order valence-electron chi connectivity index (χ1n) is 11.0. The summed E-state index contributed by atoms with van der Waals surface area (Å²) in [7, 11) is 0. The van der Waals surface area contributed by atoms with Crippen molar-refractivity contribution in [2.24, 2.45) is 0 Å². The van der Waals surface area contributed by atoms with Crippen LogP contribution < -0.4 is 5.32 Å². The van der Waals surface area contributed by atoms with E-state index in [9.17, 15) is 4.79 Å². The SMILES string of the molecule is CC(C)c1ccc([C@@H]2c3cccn3-c3ccccc3CN2C(=O)NCc2ccco2)cc1. The van der Waals surface area contributed by atoms with E-state index >= 15 is 0 Å². The van der Waals surface area contributed by atoms with Crippen molar-refractivity contribution >= 4 is 6.03 Å². The molecule has 0 saturated carbocycles. The summed E-state index contributed by atoms with van der Waals surface area (Å²) in [4.78, 5) is 15.4. The third kappa shape index (κ3) is 3.71. The fourth-order valence-electron chi connectivity index (χ4n) is 4.43. The van der Waals surface area contributed by atoms with Gasteiger partial charge in [0, 0.05) is 11.9 Å². The fourth-order valence-corrected chi connectivity index (χ4v) is 4.43. The van der Waals surface area contributed by atoms with Crippen molar-refractivity contribution in [1.82, 2.24) is 14.8 Å². The van der Waals surface area contributed by atoms with Crippen LogP contribution in [0, 0.1) is 0 Å². The Balaban J connectivity index is 1.57. The van der Waals surface area contributed by atoms with Gasteiger partial charge in [-0.15, -0.1) is 0 Å². The normalized spacial score (nSPS) is 15.2. The van der Waals surface area contributed by atoms with Gasteiger partial charge in [0.25, 0.3) is 0 Å². The van der Waals surface area contributed by atoms with Crippen LogP contribution in [0.5, 0.6) is 0 Å². The number of benzene rings is 2. The Morgan fingerprint density at radius 3 is 2.59 bits per heavy atom. The summed E-state index contributed by atoms with van der Waals surface area (Å²) in [5.74, 6) is 1.19. The number of nitrogens with zero attached hydrogens (tertiary/aromatic N) is 2. The third-order valence-electron chi connectivity index (χ3n) is 6.14. The van der Waals surface area contributed by atoms with Gasteiger partial charge in [-0.05, 0) is 52.9 Å². The second-order valence-electron chi connectivity index (χ2n) is 8.52. The van der Waals surface area contributed by atoms with E-state index in [1.807, 2.05) is 35.2 Å². The van der Waals surface area contributed by atoms with Crippen LogP contribution >= 0.6 is 0 Å². The van der Waals surface area contributed by atoms with Gasteiger partial charge in [0.1, 0.15) is 5.76 Å². The first-order valence-corrected chi connectivity index (χ1v) is 11.0. The number of furan rings is 1. The number of para-hydroxylation sites is 1. The monoisotopic (exact) mass is 425 g/mol. The zero-order valence-electron chi connectivity index (χ0n) is 18.4. The summed E-state index contributed by atoms with van der Waals surface area (Å²) in [6, 6.07) is 24.4. The van der Waals surface area contributed by atoms with E-state index in [-0.39, 0.29) is 12.1 Å². The summed E-state index contributed by atoms with van der Waals surface area (Å²) in [6.07, 6.45) is 3.70. The van der Waals surface area contributed by atoms with Crippen LogP contribution in [0.15, 0.2) is 89.7 Å². The molecule has 2 aromatic carbocycles. The summed E-state index contributed by atoms with van der Waals surface area (Å²) in [5, 5.41) is 3.05. The van der Waals surface area contributed by atoms with Gasteiger partial charge in [-0.1, -0.05) is 56.3 Å². The Morgan fingerprint density at radius 1 is 1.03 bits per heavy atom. The molecular weight excluding hydrogens is 398 g/mol. The molecule has 32 heavy (non-hydrogen) atoms. The van der Waals surface area contributed by atoms with Crippen molar-refractivity contribution in [1.29, 1.82) is 0 Å². The molecule has 0 radical (unpaired) electrons. The molecule has 0 saturated heterocycles. The molecule has 5 heteroatoms. The maximum atomic E-state index is 13.5. The zero-order chi connectivity index (χ0) is 22.1. The molecule has 2 aromatic heterocycles. The second kappa shape index (κ2) is 8.42. The van der Waals surface area contributed by atoms with Gasteiger partial charge in [-0.3, -0.25) is 0 Å². The zero-order valence-corrected chi connectivity index (χ0v) is 18.4. The van der Waals surface area contributed by atoms with Crippen LogP contribution in [-0.4, -0.2) is 15.5 Å². The van der Waals surface area contributed by atoms with Gasteiger partial charge in [-0.2, -0.15) is 0 Å². The molecule has 4 aromatic rings. The van der Waals surface area contributed by atoms with Gasteiger partial charge in [-0.25, -0.2) is 4.79 Å². The lowest BCUT2D eigenvalue weighted by Crippen LogP contribution is -2.41. The summed E-state index contributed by atoms with van der Waals surface area (Å²) in [5.41, 5.74) is 5.67. The van der Waals surface area contributed by atoms with Gasteiger partial charge < -0.3 is 19.2 Å². The predicted molar refractivity (Wildman–Crippen MR) is 125 cm³/mol. The van der Waals surface area contributed by atoms with Crippen molar-refractivity contribution in [2.75, 3.05) is 0 Å². The van der Waals surface area contributed by atoms with Crippen molar-refractivity contribution in [3.8, 4) is 5.69 Å². The van der Waals surface area contributed by atoms with Crippen molar-refractivity contribution in [3.05, 3.63) is 113 Å². The lowest BCUT2D eigenvalue weighted by atomic mass is 9.97. The fraction of sp³-hybridized carbons (Fsp3) is 0.222. The minimum Gasteiger partial charge on any atom is -0.467 e. The van der Waals surface area contributed by atoms with Crippen molar-refractivity contribution in [2.45, 2.75) is 38.9 Å². The first-order chi connectivity index (χ1) is 15.6. The maximum absolute atomic E-state index is 13.5. The van der Waals surface area contributed by atoms with Crippen molar-refractivity contribution in [3.63, 3.8) is 0 Å². The quantitative estimate of drug-likeness (QED) is 0.435. The van der Waals surface area contributed by atoms with Crippen LogP contribution in [0.1, 0.15) is 54.0 Å². The largest absolute Gasteiger partial charge is 0.467 e. The maximum Gasteiger partial charge on any atom is 0.318 e. The minimum absolute atomic E-state index is 0.121. The molecule has 5 rings (SSSR count). The number of hydrogen-bond donors (Lipinski definition) is 1. The van der Waals surface area contributed by atoms with Gasteiger partial charge in [0.2, 0.25) is 0 Å². The third-order valence-corrected chi connectivity index (χ3v) is 6.14. The van der Waals surface area contributed by atoms with E-state index in [0.717, 1.165) is 28.3 Å². The molecule has 3 heterocycles. The Kier molecular flexibility index (Phi) is 5.31. The lowest BCUT2D eigenvalue weighted by Gasteiger charge is -2.31. The molecule has 0 unspecified atom stereocenters. The molecule has 5 nitrogen and oxygen atoms in total. The second-order valence-corrected chi connectivity index (χ2v) is 8.52. The summed E-state index contributed by atoms with van der Waals surface area (Å²) >= 11 is 0. The Labute approximate surface area is 188 Å². The van der Waals surface area contributed by atoms with Crippen molar-refractivity contribution < 1.29 is 9.21 Å². The Morgan fingerprint density at radius 2 is 1.84 bits per heavy atom. The minimum atomic E-state index is -0.213. The molecule has 0 bridgehead atoms. The summed E-state index contributed by atoms with van der Waals surface area (Å²) < 4.78 is 7.61. The molecule has 0 spiro atoms. The van der Waals surface area contributed by atoms with E-state index in [0.29, 0.717) is 19.0 Å². The number of nitrogens with one attached hydrogen (secondary N) is 1. The number of hydrogen-bond acceptors (Lipinski definition) is 2. The van der Waals surface area contributed by atoms with Crippen LogP contribution in [-0.2, 0) is 13.1 Å². The molecule has 1 aliphatic heterocycles. The van der Waals surface area contributed by atoms with Gasteiger partial charge in [0.15, 0.2) is 0 Å². The molecule has 2 amide bonds. The highest BCUT2D eigenvalue weighted by Gasteiger charge is 2.32. The number of aromatic nitrogens is 1. The van der Waals surface area contributed by atoms with Crippen LogP contribution in [0.25, 0.3) is 5.69 Å². The van der Waals surface area contributed by atoms with Crippen LogP contribution in [0.4, 0.5) is 4.79 Å². The van der Waals surface area contributed by atoms with Gasteiger partial charge >= 0.3 is 6.03 Å². The average molecular weight is 426 g/mol. The smallest absolute Gasteiger partial charge is 0.318 e. The van der Waals surface area contributed by atoms with E-state index in [1.54, 1.807) is 6.26 Å². The molecular formula is C27H27N3O2. The summed E-state index contributed by atoms with van der Waals surface area (Å²) in [6.45, 7) is 5.25. The van der Waals surface area contributed by atoms with E-state index in [1.165, 1.54) is 5.56 Å². The highest BCUT2D eigenvalue weighted by atomic mass is 16.3. The predicted octanol–water partition coefficient (Wildman–Crippen LogP) is 6.01. The molecule has 1 aliphatic rings. The highest BCUT2D eigenvalue weighted by molar-refractivity contribution is 5.76. The molecule has 0 fully saturated rings. The Hall–Kier alpha value is -3.73. The number of amides is 2. The highest BCUT2D eigenvalue weighted by Crippen LogP contribution is 2.37. The topological polar surface area (TPSA) is 50.4 Å². The van der Waals surface area contributed by atoms with E-state index in [2.05, 4.69) is 72.4 Å². The Bertz CT molecular complexity index is 1210. The van der Waals surface area contributed by atoms with Gasteiger partial charge in [0.05, 0.1) is 31.1 Å². The molecule has 1 N–H and O–H groups in total. The molecule has 0 aliphatic carbocycles. The number of rotatable bonds is 4. The molecule has 1 atom stereocenters. The number of carbonyl (C=O) groups excluding carboxylic acids is 1. The first kappa shape index (κ1) is 20.2. The lowest BCUT2D eigenvalue weighted by molar-refractivity contribution is 0.179. The number of fused-ring (bicyclic) bond motifs is 3. The average Bonchev–Trinajstić information content (AvgIpc) is 3.48.